The van der Waals surface area contributed by atoms with Gasteiger partial charge < -0.3 is 10.4 Å². The molecule has 24 heavy (non-hydrogen) atoms. The third-order valence-corrected chi connectivity index (χ3v) is 3.62. The van der Waals surface area contributed by atoms with E-state index in [0.29, 0.717) is 16.8 Å². The molecule has 1 amide bonds. The van der Waals surface area contributed by atoms with E-state index in [1.807, 2.05) is 0 Å². The van der Waals surface area contributed by atoms with Crippen molar-refractivity contribution in [3.63, 3.8) is 0 Å². The molecule has 2 N–H and O–H groups in total. The maximum atomic E-state index is 11.9. The van der Waals surface area contributed by atoms with Crippen molar-refractivity contribution in [3.05, 3.63) is 76.3 Å². The Bertz CT molecular complexity index is 780. The number of halogens is 1. The molecule has 0 aliphatic heterocycles. The van der Waals surface area contributed by atoms with Crippen LogP contribution in [0, 0.1) is 0 Å². The summed E-state index contributed by atoms with van der Waals surface area (Å²) in [5.41, 5.74) is 1.65. The van der Waals surface area contributed by atoms with Gasteiger partial charge in [-0.15, -0.1) is 0 Å². The third kappa shape index (κ3) is 5.48. The van der Waals surface area contributed by atoms with Gasteiger partial charge >= 0.3 is 5.97 Å². The van der Waals surface area contributed by atoms with Gasteiger partial charge in [0.05, 0.1) is 6.42 Å². The van der Waals surface area contributed by atoms with Crippen LogP contribution in [0.5, 0.6) is 0 Å². The quantitative estimate of drug-likeness (QED) is 0.587. The summed E-state index contributed by atoms with van der Waals surface area (Å²) in [5, 5.41) is 11.3. The molecular weight excluding hydrogens is 374 g/mol. The summed E-state index contributed by atoms with van der Waals surface area (Å²) >= 11 is 3.29. The van der Waals surface area contributed by atoms with E-state index in [2.05, 4.69) is 21.2 Å². The Morgan fingerprint density at radius 1 is 0.958 bits per heavy atom. The second-order valence-corrected chi connectivity index (χ2v) is 5.88. The van der Waals surface area contributed by atoms with Crippen molar-refractivity contribution in [1.82, 2.24) is 0 Å². The summed E-state index contributed by atoms with van der Waals surface area (Å²) in [5.74, 6) is -1.62. The van der Waals surface area contributed by atoms with E-state index in [1.54, 1.807) is 48.5 Å². The molecule has 0 radical (unpaired) electrons. The minimum Gasteiger partial charge on any atom is -0.481 e. The Morgan fingerprint density at radius 3 is 2.17 bits per heavy atom. The number of nitrogens with one attached hydrogen (secondary N) is 1. The predicted octanol–water partition coefficient (Wildman–Crippen LogP) is 3.45. The Kier molecular flexibility index (Phi) is 6.03. The average molecular weight is 388 g/mol. The number of rotatable bonds is 6. The molecule has 0 unspecified atom stereocenters. The molecule has 0 saturated heterocycles. The first kappa shape index (κ1) is 17.6. The first-order valence-electron chi connectivity index (χ1n) is 7.04. The van der Waals surface area contributed by atoms with Crippen LogP contribution >= 0.6 is 15.9 Å². The van der Waals surface area contributed by atoms with E-state index < -0.39 is 11.9 Å². The number of carboxylic acid groups (broad SMARTS) is 1. The molecule has 0 atom stereocenters. The number of allylic oxidation sites excluding steroid dienone is 1. The number of carboxylic acids is 1. The van der Waals surface area contributed by atoms with Crippen LogP contribution in [0.4, 0.5) is 5.69 Å². The summed E-state index contributed by atoms with van der Waals surface area (Å²) < 4.78 is 0.868. The Balaban J connectivity index is 1.93. The maximum Gasteiger partial charge on any atom is 0.307 e. The molecule has 2 aromatic rings. The number of benzene rings is 2. The molecule has 0 aliphatic carbocycles. The Hall–Kier alpha value is -2.73. The highest BCUT2D eigenvalue weighted by Crippen LogP contribution is 2.12. The normalized spacial score (nSPS) is 10.5. The number of hydrogen-bond acceptors (Lipinski definition) is 3. The SMILES string of the molecule is O=C(O)Cc1ccc(NC(=O)/C=C/C(=O)c2ccc(Br)cc2)cc1. The molecule has 2 rings (SSSR count). The van der Waals surface area contributed by atoms with Crippen LogP contribution in [0.1, 0.15) is 15.9 Å². The first-order chi connectivity index (χ1) is 11.4. The average Bonchev–Trinajstić information content (AvgIpc) is 2.54. The van der Waals surface area contributed by atoms with Crippen LogP contribution in [0.3, 0.4) is 0 Å². The molecule has 0 aromatic heterocycles. The molecule has 2 aromatic carbocycles. The number of hydrogen-bond donors (Lipinski definition) is 2. The van der Waals surface area contributed by atoms with E-state index in [9.17, 15) is 14.4 Å². The number of ketones is 1. The van der Waals surface area contributed by atoms with Crippen molar-refractivity contribution in [2.75, 3.05) is 5.32 Å². The van der Waals surface area contributed by atoms with Crippen molar-refractivity contribution >= 4 is 39.3 Å². The monoisotopic (exact) mass is 387 g/mol. The van der Waals surface area contributed by atoms with Crippen molar-refractivity contribution in [2.24, 2.45) is 0 Å². The number of anilines is 1. The van der Waals surface area contributed by atoms with Crippen LogP contribution in [-0.4, -0.2) is 22.8 Å². The summed E-state index contributed by atoms with van der Waals surface area (Å²) in [7, 11) is 0. The van der Waals surface area contributed by atoms with Crippen molar-refractivity contribution < 1.29 is 19.5 Å². The Morgan fingerprint density at radius 2 is 1.58 bits per heavy atom. The molecule has 0 spiro atoms. The zero-order valence-corrected chi connectivity index (χ0v) is 14.1. The lowest BCUT2D eigenvalue weighted by molar-refractivity contribution is -0.136. The lowest BCUT2D eigenvalue weighted by Crippen LogP contribution is -2.09. The van der Waals surface area contributed by atoms with Crippen LogP contribution in [0.15, 0.2) is 65.2 Å². The summed E-state index contributed by atoms with van der Waals surface area (Å²) in [6.07, 6.45) is 2.29. The number of aliphatic carboxylic acids is 1. The molecule has 0 saturated carbocycles. The van der Waals surface area contributed by atoms with E-state index in [-0.39, 0.29) is 12.2 Å². The minimum absolute atomic E-state index is 0.0736. The van der Waals surface area contributed by atoms with Gasteiger partial charge in [0.1, 0.15) is 0 Å². The minimum atomic E-state index is -0.916. The number of carbonyl (C=O) groups is 3. The van der Waals surface area contributed by atoms with Gasteiger partial charge in [-0.1, -0.05) is 28.1 Å². The van der Waals surface area contributed by atoms with Gasteiger partial charge in [-0.05, 0) is 48.0 Å². The van der Waals surface area contributed by atoms with Gasteiger partial charge in [0, 0.05) is 21.8 Å². The largest absolute Gasteiger partial charge is 0.481 e. The van der Waals surface area contributed by atoms with Gasteiger partial charge in [-0.2, -0.15) is 0 Å². The zero-order valence-electron chi connectivity index (χ0n) is 12.5. The Labute approximate surface area is 147 Å². The number of carbonyl (C=O) groups excluding carboxylic acids is 2. The van der Waals surface area contributed by atoms with Crippen molar-refractivity contribution in [2.45, 2.75) is 6.42 Å². The van der Waals surface area contributed by atoms with Crippen LogP contribution < -0.4 is 5.32 Å². The van der Waals surface area contributed by atoms with Crippen LogP contribution in [0.25, 0.3) is 0 Å². The summed E-state index contributed by atoms with van der Waals surface area (Å²) in [4.78, 5) is 34.3. The second-order valence-electron chi connectivity index (χ2n) is 4.96. The van der Waals surface area contributed by atoms with Gasteiger partial charge in [0.25, 0.3) is 0 Å². The fourth-order valence-electron chi connectivity index (χ4n) is 1.93. The van der Waals surface area contributed by atoms with Crippen molar-refractivity contribution in [3.8, 4) is 0 Å². The van der Waals surface area contributed by atoms with E-state index >= 15 is 0 Å². The number of amides is 1. The fraction of sp³-hybridized carbons (Fsp3) is 0.0556. The van der Waals surface area contributed by atoms with E-state index in [0.717, 1.165) is 10.5 Å². The van der Waals surface area contributed by atoms with Gasteiger partial charge in [-0.3, -0.25) is 14.4 Å². The van der Waals surface area contributed by atoms with Gasteiger partial charge in [0.2, 0.25) is 5.91 Å². The molecule has 122 valence electrons. The van der Waals surface area contributed by atoms with E-state index in [4.69, 9.17) is 5.11 Å². The van der Waals surface area contributed by atoms with Crippen LogP contribution in [-0.2, 0) is 16.0 Å². The third-order valence-electron chi connectivity index (χ3n) is 3.09. The zero-order chi connectivity index (χ0) is 17.5. The summed E-state index contributed by atoms with van der Waals surface area (Å²) in [6, 6.07) is 13.3. The maximum absolute atomic E-state index is 11.9. The lowest BCUT2D eigenvalue weighted by Gasteiger charge is -2.03. The smallest absolute Gasteiger partial charge is 0.307 e. The predicted molar refractivity (Wildman–Crippen MR) is 94.0 cm³/mol. The molecular formula is C18H14BrNO4. The molecule has 0 fully saturated rings. The fourth-order valence-corrected chi connectivity index (χ4v) is 2.19. The highest BCUT2D eigenvalue weighted by molar-refractivity contribution is 9.10. The second kappa shape index (κ2) is 8.21. The first-order valence-corrected chi connectivity index (χ1v) is 7.83. The van der Waals surface area contributed by atoms with Crippen LogP contribution in [0.2, 0.25) is 0 Å². The van der Waals surface area contributed by atoms with Gasteiger partial charge in [0.15, 0.2) is 5.78 Å². The highest BCUT2D eigenvalue weighted by Gasteiger charge is 2.04. The molecule has 5 nitrogen and oxygen atoms in total. The highest BCUT2D eigenvalue weighted by atomic mass is 79.9. The van der Waals surface area contributed by atoms with Crippen molar-refractivity contribution in [1.29, 1.82) is 0 Å². The molecule has 6 heteroatoms. The topological polar surface area (TPSA) is 83.5 Å². The standard InChI is InChI=1S/C18H14BrNO4/c19-14-5-3-13(4-6-14)16(21)9-10-17(22)20-15-7-1-12(2-8-15)11-18(23)24/h1-10H,11H2,(H,20,22)(H,23,24)/b10-9+. The summed E-state index contributed by atoms with van der Waals surface area (Å²) in [6.45, 7) is 0. The van der Waals surface area contributed by atoms with Gasteiger partial charge in [-0.25, -0.2) is 0 Å². The molecule has 0 heterocycles. The molecule has 0 bridgehead atoms. The van der Waals surface area contributed by atoms with E-state index in [1.165, 1.54) is 6.08 Å². The molecule has 0 aliphatic rings. The lowest BCUT2D eigenvalue weighted by atomic mass is 10.1.